The minimum absolute atomic E-state index is 0.0119. The fourth-order valence-electron chi connectivity index (χ4n) is 2.05. The van der Waals surface area contributed by atoms with Crippen molar-refractivity contribution < 1.29 is 4.79 Å². The van der Waals surface area contributed by atoms with E-state index in [1.807, 2.05) is 12.1 Å². The number of carbonyl (C=O) groups excluding carboxylic acids is 1. The molecule has 1 aromatic rings. The molecule has 1 atom stereocenters. The lowest BCUT2D eigenvalue weighted by atomic mass is 9.97. The molecule has 1 aromatic carbocycles. The van der Waals surface area contributed by atoms with Crippen LogP contribution in [0.15, 0.2) is 18.2 Å². The van der Waals surface area contributed by atoms with Crippen molar-refractivity contribution >= 4 is 11.6 Å². The fraction of sp³-hybridized carbons (Fsp3) is 0.462. The van der Waals surface area contributed by atoms with Gasteiger partial charge in [-0.1, -0.05) is 19.1 Å². The number of anilines is 1. The Morgan fingerprint density at radius 3 is 3.06 bits per heavy atom. The van der Waals surface area contributed by atoms with Crippen LogP contribution in [0.1, 0.15) is 30.5 Å². The van der Waals surface area contributed by atoms with E-state index in [1.165, 1.54) is 5.56 Å². The van der Waals surface area contributed by atoms with Crippen molar-refractivity contribution in [2.24, 2.45) is 5.73 Å². The maximum Gasteiger partial charge on any atom is 0.224 e. The first kappa shape index (κ1) is 12.1. The van der Waals surface area contributed by atoms with E-state index in [4.69, 9.17) is 5.73 Å². The lowest BCUT2D eigenvalue weighted by molar-refractivity contribution is -0.116. The van der Waals surface area contributed by atoms with Crippen LogP contribution in [-0.4, -0.2) is 19.0 Å². The van der Waals surface area contributed by atoms with Crippen LogP contribution in [0.2, 0.25) is 0 Å². The van der Waals surface area contributed by atoms with Gasteiger partial charge in [-0.2, -0.15) is 0 Å². The highest BCUT2D eigenvalue weighted by atomic mass is 16.1. The number of nitrogens with one attached hydrogen (secondary N) is 2. The summed E-state index contributed by atoms with van der Waals surface area (Å²) in [5.41, 5.74) is 9.34. The molecule has 1 unspecified atom stereocenters. The van der Waals surface area contributed by atoms with E-state index in [0.717, 1.165) is 30.8 Å². The molecule has 0 bridgehead atoms. The second-order valence-electron chi connectivity index (χ2n) is 4.38. The van der Waals surface area contributed by atoms with Gasteiger partial charge in [0.25, 0.3) is 0 Å². The van der Waals surface area contributed by atoms with Gasteiger partial charge in [0.2, 0.25) is 5.91 Å². The van der Waals surface area contributed by atoms with Gasteiger partial charge in [0.1, 0.15) is 0 Å². The van der Waals surface area contributed by atoms with Gasteiger partial charge >= 0.3 is 0 Å². The standard InChI is InChI=1S/C13H19N3O/c1-2-15-8-11(14)9-3-5-12-10(7-9)4-6-13(17)16-12/h3,5,7,11,15H,2,4,6,8,14H2,1H3,(H,16,17). The minimum Gasteiger partial charge on any atom is -0.326 e. The van der Waals surface area contributed by atoms with Crippen molar-refractivity contribution in [3.8, 4) is 0 Å². The molecule has 0 aliphatic carbocycles. The molecule has 1 aliphatic heterocycles. The molecule has 0 fully saturated rings. The lowest BCUT2D eigenvalue weighted by Gasteiger charge is -2.19. The molecule has 1 heterocycles. The van der Waals surface area contributed by atoms with Crippen LogP contribution >= 0.6 is 0 Å². The average Bonchev–Trinajstić information content (AvgIpc) is 2.35. The molecule has 0 saturated heterocycles. The van der Waals surface area contributed by atoms with Crippen LogP contribution in [0.25, 0.3) is 0 Å². The van der Waals surface area contributed by atoms with Gasteiger partial charge < -0.3 is 16.4 Å². The summed E-state index contributed by atoms with van der Waals surface area (Å²) in [5, 5.41) is 6.11. The summed E-state index contributed by atoms with van der Waals surface area (Å²) in [7, 11) is 0. The summed E-state index contributed by atoms with van der Waals surface area (Å²) in [4.78, 5) is 11.2. The van der Waals surface area contributed by atoms with E-state index in [1.54, 1.807) is 0 Å². The molecule has 0 aromatic heterocycles. The van der Waals surface area contributed by atoms with Crippen LogP contribution in [-0.2, 0) is 11.2 Å². The summed E-state index contributed by atoms with van der Waals surface area (Å²) in [6.07, 6.45) is 1.38. The van der Waals surface area contributed by atoms with Gasteiger partial charge in [-0.3, -0.25) is 4.79 Å². The van der Waals surface area contributed by atoms with E-state index < -0.39 is 0 Å². The third kappa shape index (κ3) is 2.84. The third-order valence-corrected chi connectivity index (χ3v) is 3.07. The van der Waals surface area contributed by atoms with Crippen LogP contribution in [0.5, 0.6) is 0 Å². The monoisotopic (exact) mass is 233 g/mol. The quantitative estimate of drug-likeness (QED) is 0.731. The van der Waals surface area contributed by atoms with Crippen molar-refractivity contribution in [2.45, 2.75) is 25.8 Å². The Morgan fingerprint density at radius 2 is 2.29 bits per heavy atom. The Balaban J connectivity index is 2.13. The highest BCUT2D eigenvalue weighted by Gasteiger charge is 2.16. The number of hydrogen-bond acceptors (Lipinski definition) is 3. The maximum atomic E-state index is 11.2. The molecular weight excluding hydrogens is 214 g/mol. The largest absolute Gasteiger partial charge is 0.326 e. The highest BCUT2D eigenvalue weighted by molar-refractivity contribution is 5.93. The zero-order valence-corrected chi connectivity index (χ0v) is 10.1. The van der Waals surface area contributed by atoms with Crippen molar-refractivity contribution in [1.29, 1.82) is 0 Å². The fourth-order valence-corrected chi connectivity index (χ4v) is 2.05. The molecule has 1 amide bonds. The van der Waals surface area contributed by atoms with Crippen molar-refractivity contribution in [2.75, 3.05) is 18.4 Å². The molecule has 4 nitrogen and oxygen atoms in total. The molecule has 4 heteroatoms. The lowest BCUT2D eigenvalue weighted by Crippen LogP contribution is -2.27. The number of fused-ring (bicyclic) bond motifs is 1. The molecule has 0 saturated carbocycles. The van der Waals surface area contributed by atoms with Gasteiger partial charge in [-0.25, -0.2) is 0 Å². The van der Waals surface area contributed by atoms with Crippen molar-refractivity contribution in [3.05, 3.63) is 29.3 Å². The second-order valence-corrected chi connectivity index (χ2v) is 4.38. The minimum atomic E-state index is 0.0119. The molecule has 17 heavy (non-hydrogen) atoms. The Morgan fingerprint density at radius 1 is 1.47 bits per heavy atom. The predicted octanol–water partition coefficient (Wildman–Crippen LogP) is 1.18. The molecule has 0 spiro atoms. The zero-order chi connectivity index (χ0) is 12.3. The van der Waals surface area contributed by atoms with Gasteiger partial charge in [0, 0.05) is 24.7 Å². The van der Waals surface area contributed by atoms with E-state index in [-0.39, 0.29) is 11.9 Å². The Bertz CT molecular complexity index is 417. The van der Waals surface area contributed by atoms with Crippen LogP contribution in [0, 0.1) is 0 Å². The zero-order valence-electron chi connectivity index (χ0n) is 10.1. The first-order chi connectivity index (χ1) is 8.20. The van der Waals surface area contributed by atoms with Gasteiger partial charge in [-0.15, -0.1) is 0 Å². The molecule has 92 valence electrons. The second kappa shape index (κ2) is 5.29. The topological polar surface area (TPSA) is 67.1 Å². The number of hydrogen-bond donors (Lipinski definition) is 3. The summed E-state index contributed by atoms with van der Waals surface area (Å²) in [6, 6.07) is 6.06. The molecule has 1 aliphatic rings. The molecule has 4 N–H and O–H groups in total. The number of amides is 1. The number of nitrogens with two attached hydrogens (primary N) is 1. The van der Waals surface area contributed by atoms with E-state index in [9.17, 15) is 4.79 Å². The number of aryl methyl sites for hydroxylation is 1. The summed E-state index contributed by atoms with van der Waals surface area (Å²) < 4.78 is 0. The predicted molar refractivity (Wildman–Crippen MR) is 68.9 cm³/mol. The highest BCUT2D eigenvalue weighted by Crippen LogP contribution is 2.25. The summed E-state index contributed by atoms with van der Waals surface area (Å²) >= 11 is 0. The summed E-state index contributed by atoms with van der Waals surface area (Å²) in [6.45, 7) is 3.77. The summed E-state index contributed by atoms with van der Waals surface area (Å²) in [5.74, 6) is 0.0993. The van der Waals surface area contributed by atoms with Gasteiger partial charge in [-0.05, 0) is 30.2 Å². The van der Waals surface area contributed by atoms with Crippen molar-refractivity contribution in [1.82, 2.24) is 5.32 Å². The first-order valence-corrected chi connectivity index (χ1v) is 6.09. The molecule has 2 rings (SSSR count). The Labute approximate surface area is 102 Å². The van der Waals surface area contributed by atoms with Gasteiger partial charge in [0.05, 0.1) is 0 Å². The SMILES string of the molecule is CCNCC(N)c1ccc2c(c1)CCC(=O)N2. The van der Waals surface area contributed by atoms with E-state index in [0.29, 0.717) is 6.42 Å². The average molecular weight is 233 g/mol. The number of benzene rings is 1. The normalized spacial score (nSPS) is 16.2. The third-order valence-electron chi connectivity index (χ3n) is 3.07. The molecule has 0 radical (unpaired) electrons. The van der Waals surface area contributed by atoms with Crippen LogP contribution in [0.3, 0.4) is 0 Å². The van der Waals surface area contributed by atoms with Crippen molar-refractivity contribution in [3.63, 3.8) is 0 Å². The van der Waals surface area contributed by atoms with Crippen LogP contribution in [0.4, 0.5) is 5.69 Å². The van der Waals surface area contributed by atoms with E-state index >= 15 is 0 Å². The molecular formula is C13H19N3O. The van der Waals surface area contributed by atoms with Crippen LogP contribution < -0.4 is 16.4 Å². The number of rotatable bonds is 4. The van der Waals surface area contributed by atoms with Gasteiger partial charge in [0.15, 0.2) is 0 Å². The Kier molecular flexibility index (Phi) is 3.76. The maximum absolute atomic E-state index is 11.2. The van der Waals surface area contributed by atoms with E-state index in [2.05, 4.69) is 23.6 Å². The number of likely N-dealkylation sites (N-methyl/N-ethyl adjacent to an activating group) is 1. The Hall–Kier alpha value is -1.39. The first-order valence-electron chi connectivity index (χ1n) is 6.09. The number of carbonyl (C=O) groups is 1. The smallest absolute Gasteiger partial charge is 0.224 e.